The minimum Gasteiger partial charge on any atom is -0.458 e. The number of carbonyl (C=O) groups is 6. The first-order valence-corrected chi connectivity index (χ1v) is 16.4. The minimum atomic E-state index is -1.33. The number of ether oxygens (including phenoxy) is 1. The summed E-state index contributed by atoms with van der Waals surface area (Å²) >= 11 is 0. The van der Waals surface area contributed by atoms with E-state index in [-0.39, 0.29) is 17.7 Å². The molecule has 45 heavy (non-hydrogen) atoms. The standard InChI is InChI=1S/C33H45N5O7/c1-20(2)26-32(43)37-19-11-16-24(37)30(41)36-17-9-7-14-23(36)31(42)38-18-10-8-15-25(38)33(44)45-21(3)27(29(40)34-26)35-28(39)22-12-5-4-6-13-22/h4-6,12-13,20-21,23-27H,7-11,14-19H2,1-3H3,(H,34,40)(H,35,39)/t21-,23+,24+,25+,26+,27+/m1/s1. The molecule has 0 radical (unpaired) electrons. The minimum absolute atomic E-state index is 0.266. The smallest absolute Gasteiger partial charge is 0.329 e. The van der Waals surface area contributed by atoms with Gasteiger partial charge < -0.3 is 30.1 Å². The zero-order valence-corrected chi connectivity index (χ0v) is 26.4. The first-order chi connectivity index (χ1) is 21.6. The zero-order chi connectivity index (χ0) is 32.2. The highest BCUT2D eigenvalue weighted by Gasteiger charge is 2.46. The lowest BCUT2D eigenvalue weighted by molar-refractivity contribution is -0.166. The van der Waals surface area contributed by atoms with E-state index in [1.807, 2.05) is 0 Å². The molecule has 244 valence electrons. The molecule has 5 rings (SSSR count). The Morgan fingerprint density at radius 1 is 0.778 bits per heavy atom. The molecule has 4 aliphatic rings. The highest BCUT2D eigenvalue weighted by atomic mass is 16.5. The highest BCUT2D eigenvalue weighted by molar-refractivity contribution is 6.00. The fourth-order valence-corrected chi connectivity index (χ4v) is 7.04. The topological polar surface area (TPSA) is 145 Å². The van der Waals surface area contributed by atoms with Gasteiger partial charge in [0.05, 0.1) is 0 Å². The molecule has 4 fully saturated rings. The molecule has 12 nitrogen and oxygen atoms in total. The van der Waals surface area contributed by atoms with Crippen molar-refractivity contribution in [2.24, 2.45) is 5.92 Å². The highest BCUT2D eigenvalue weighted by Crippen LogP contribution is 2.29. The molecule has 5 amide bonds. The van der Waals surface area contributed by atoms with Crippen molar-refractivity contribution in [2.45, 2.75) is 108 Å². The summed E-state index contributed by atoms with van der Waals surface area (Å²) in [7, 11) is 0. The molecule has 4 heterocycles. The van der Waals surface area contributed by atoms with Crippen LogP contribution in [0.15, 0.2) is 30.3 Å². The molecule has 2 N–H and O–H groups in total. The SMILES string of the molecule is CC(C)[C@@H]1NC(=O)[C@@H](NC(=O)c2ccccc2)[C@@H](C)OC(=O)[C@@H]2CCCCN2C(=O)[C@@H]2CCCCN2C(=O)[C@@H]2CCCN2C1=O. The predicted octanol–water partition coefficient (Wildman–Crippen LogP) is 1.62. The number of nitrogens with one attached hydrogen (secondary N) is 2. The van der Waals surface area contributed by atoms with Crippen molar-refractivity contribution < 1.29 is 33.5 Å². The Hall–Kier alpha value is -3.96. The maximum atomic E-state index is 14.1. The molecule has 0 saturated carbocycles. The van der Waals surface area contributed by atoms with Gasteiger partial charge in [0.2, 0.25) is 23.6 Å². The number of carbonyl (C=O) groups excluding carboxylic acids is 6. The van der Waals surface area contributed by atoms with Crippen molar-refractivity contribution in [3.63, 3.8) is 0 Å². The van der Waals surface area contributed by atoms with E-state index < -0.39 is 60.0 Å². The summed E-state index contributed by atoms with van der Waals surface area (Å²) < 4.78 is 5.85. The van der Waals surface area contributed by atoms with Crippen LogP contribution in [0, 0.1) is 5.92 Å². The first kappa shape index (κ1) is 32.4. The number of hydrogen-bond acceptors (Lipinski definition) is 7. The quantitative estimate of drug-likeness (QED) is 0.487. The lowest BCUT2D eigenvalue weighted by Gasteiger charge is -2.43. The van der Waals surface area contributed by atoms with Crippen molar-refractivity contribution in [1.29, 1.82) is 0 Å². The van der Waals surface area contributed by atoms with Crippen LogP contribution in [0.1, 0.15) is 82.5 Å². The van der Waals surface area contributed by atoms with Gasteiger partial charge in [0.1, 0.15) is 36.3 Å². The number of fused-ring (bicyclic) bond motifs is 3. The van der Waals surface area contributed by atoms with Crippen LogP contribution in [0.2, 0.25) is 0 Å². The summed E-state index contributed by atoms with van der Waals surface area (Å²) in [4.78, 5) is 87.8. The van der Waals surface area contributed by atoms with Gasteiger partial charge in [-0.05, 0) is 76.3 Å². The summed E-state index contributed by atoms with van der Waals surface area (Å²) in [5, 5.41) is 5.53. The van der Waals surface area contributed by atoms with E-state index in [9.17, 15) is 28.8 Å². The second kappa shape index (κ2) is 14.0. The summed E-state index contributed by atoms with van der Waals surface area (Å²) in [6.07, 6.45) is 3.80. The molecule has 0 bridgehead atoms. The summed E-state index contributed by atoms with van der Waals surface area (Å²) in [5.74, 6) is -3.19. The van der Waals surface area contributed by atoms with Crippen molar-refractivity contribution in [3.05, 3.63) is 35.9 Å². The molecule has 12 heteroatoms. The largest absolute Gasteiger partial charge is 0.458 e. The number of cyclic esters (lactones) is 1. The van der Waals surface area contributed by atoms with Gasteiger partial charge in [0, 0.05) is 25.2 Å². The normalized spacial score (nSPS) is 30.3. The third kappa shape index (κ3) is 6.84. The lowest BCUT2D eigenvalue weighted by atomic mass is 9.95. The van der Waals surface area contributed by atoms with Crippen LogP contribution in [0.25, 0.3) is 0 Å². The molecule has 6 atom stereocenters. The molecule has 0 aromatic heterocycles. The number of rotatable bonds is 3. The first-order valence-electron chi connectivity index (χ1n) is 16.4. The Morgan fingerprint density at radius 2 is 1.31 bits per heavy atom. The van der Waals surface area contributed by atoms with E-state index in [1.165, 1.54) is 11.8 Å². The molecule has 0 aliphatic carbocycles. The molecule has 4 aliphatic heterocycles. The van der Waals surface area contributed by atoms with Gasteiger partial charge in [-0.25, -0.2) is 4.79 Å². The number of benzene rings is 1. The van der Waals surface area contributed by atoms with Crippen molar-refractivity contribution in [2.75, 3.05) is 19.6 Å². The maximum Gasteiger partial charge on any atom is 0.329 e. The summed E-state index contributed by atoms with van der Waals surface area (Å²) in [6.45, 7) is 6.23. The third-order valence-corrected chi connectivity index (χ3v) is 9.56. The fraction of sp³-hybridized carbons (Fsp3) is 0.636. The van der Waals surface area contributed by atoms with E-state index in [0.29, 0.717) is 57.3 Å². The van der Waals surface area contributed by atoms with Gasteiger partial charge in [-0.1, -0.05) is 32.0 Å². The van der Waals surface area contributed by atoms with Crippen LogP contribution in [-0.2, 0) is 28.7 Å². The molecule has 1 aromatic rings. The Morgan fingerprint density at radius 3 is 1.93 bits per heavy atom. The molecule has 0 spiro atoms. The second-order valence-corrected chi connectivity index (χ2v) is 13.0. The van der Waals surface area contributed by atoms with Gasteiger partial charge in [0.15, 0.2) is 0 Å². The Bertz CT molecular complexity index is 1300. The Balaban J connectivity index is 1.53. The van der Waals surface area contributed by atoms with Gasteiger partial charge in [-0.15, -0.1) is 0 Å². The van der Waals surface area contributed by atoms with Gasteiger partial charge in [0.25, 0.3) is 5.91 Å². The summed E-state index contributed by atoms with van der Waals surface area (Å²) in [6, 6.07) is 3.69. The second-order valence-electron chi connectivity index (χ2n) is 13.0. The predicted molar refractivity (Wildman–Crippen MR) is 163 cm³/mol. The number of esters is 1. The van der Waals surface area contributed by atoms with Crippen molar-refractivity contribution in [1.82, 2.24) is 25.3 Å². The average molecular weight is 624 g/mol. The monoisotopic (exact) mass is 623 g/mol. The van der Waals surface area contributed by atoms with E-state index >= 15 is 0 Å². The van der Waals surface area contributed by atoms with Crippen LogP contribution >= 0.6 is 0 Å². The molecule has 4 saturated heterocycles. The van der Waals surface area contributed by atoms with Gasteiger partial charge in [-0.3, -0.25) is 24.0 Å². The molecule has 1 aromatic carbocycles. The van der Waals surface area contributed by atoms with Gasteiger partial charge >= 0.3 is 5.97 Å². The fourth-order valence-electron chi connectivity index (χ4n) is 7.04. The van der Waals surface area contributed by atoms with E-state index in [0.717, 1.165) is 19.3 Å². The summed E-state index contributed by atoms with van der Waals surface area (Å²) in [5.41, 5.74) is 0.312. The Labute approximate surface area is 264 Å². The number of nitrogens with zero attached hydrogens (tertiary/aromatic N) is 3. The number of hydrogen-bond donors (Lipinski definition) is 2. The van der Waals surface area contributed by atoms with Crippen LogP contribution < -0.4 is 10.6 Å². The van der Waals surface area contributed by atoms with E-state index in [2.05, 4.69) is 10.6 Å². The Kier molecular flexibility index (Phi) is 10.1. The zero-order valence-electron chi connectivity index (χ0n) is 26.4. The van der Waals surface area contributed by atoms with Crippen molar-refractivity contribution in [3.8, 4) is 0 Å². The van der Waals surface area contributed by atoms with E-state index in [4.69, 9.17) is 4.74 Å². The molecule has 0 unspecified atom stereocenters. The average Bonchev–Trinajstić information content (AvgIpc) is 3.55. The van der Waals surface area contributed by atoms with Gasteiger partial charge in [-0.2, -0.15) is 0 Å². The van der Waals surface area contributed by atoms with Crippen LogP contribution in [0.5, 0.6) is 0 Å². The van der Waals surface area contributed by atoms with Crippen LogP contribution in [-0.4, -0.2) is 106 Å². The number of piperidine rings is 2. The third-order valence-electron chi connectivity index (χ3n) is 9.56. The lowest BCUT2D eigenvalue weighted by Crippen LogP contribution is -2.63. The van der Waals surface area contributed by atoms with Crippen LogP contribution in [0.4, 0.5) is 0 Å². The van der Waals surface area contributed by atoms with E-state index in [1.54, 1.807) is 54.0 Å². The number of amides is 5. The molecular weight excluding hydrogens is 578 g/mol. The van der Waals surface area contributed by atoms with Crippen LogP contribution in [0.3, 0.4) is 0 Å². The maximum absolute atomic E-state index is 14.1. The molecular formula is C33H45N5O7. The van der Waals surface area contributed by atoms with Crippen molar-refractivity contribution >= 4 is 35.5 Å².